The van der Waals surface area contributed by atoms with E-state index in [1.165, 1.54) is 6.21 Å². The summed E-state index contributed by atoms with van der Waals surface area (Å²) in [6.45, 7) is 0.468. The van der Waals surface area contributed by atoms with Crippen molar-refractivity contribution in [3.63, 3.8) is 0 Å². The number of nitrogens with zero attached hydrogens (tertiary/aromatic N) is 3. The second kappa shape index (κ2) is 8.64. The van der Waals surface area contributed by atoms with Gasteiger partial charge in [0.2, 0.25) is 5.69 Å². The summed E-state index contributed by atoms with van der Waals surface area (Å²) >= 11 is 0. The first-order valence-corrected chi connectivity index (χ1v) is 8.11. The number of hydrogen-bond acceptors (Lipinski definition) is 4. The van der Waals surface area contributed by atoms with E-state index >= 15 is 0 Å². The molecule has 3 rings (SSSR count). The summed E-state index contributed by atoms with van der Waals surface area (Å²) in [5.41, 5.74) is 1.88. The predicted molar refractivity (Wildman–Crippen MR) is 93.6 cm³/mol. The van der Waals surface area contributed by atoms with Gasteiger partial charge in [-0.2, -0.15) is 9.13 Å². The Morgan fingerprint density at radius 3 is 2.35 bits per heavy atom. The third kappa shape index (κ3) is 4.17. The predicted octanol–water partition coefficient (Wildman–Crippen LogP) is 1.93. The number of rotatable bonds is 7. The van der Waals surface area contributed by atoms with Crippen LogP contribution in [0.2, 0.25) is 0 Å². The lowest BCUT2D eigenvalue weighted by Crippen LogP contribution is -2.45. The van der Waals surface area contributed by atoms with Crippen LogP contribution in [0.3, 0.4) is 0 Å². The first-order chi connectivity index (χ1) is 12.8. The van der Waals surface area contributed by atoms with E-state index in [0.717, 1.165) is 0 Å². The highest BCUT2D eigenvalue weighted by atomic mass is 16.5. The zero-order valence-corrected chi connectivity index (χ0v) is 14.1. The monoisotopic (exact) mass is 349 g/mol. The Bertz CT molecular complexity index is 911. The van der Waals surface area contributed by atoms with E-state index in [9.17, 15) is 4.79 Å². The Morgan fingerprint density at radius 1 is 0.923 bits per heavy atom. The molecule has 0 radical (unpaired) electrons. The molecule has 0 spiro atoms. The standard InChI is InChI=1S/C20H18N3O3/c24-20(17-8-2-1-3-9-17)19-11-5-7-13-23(19)16-26-15-22-12-6-4-10-18(22)14-21-25/h1-14H,15-16H2/q+1/p+1. The Hall–Kier alpha value is -3.38. The summed E-state index contributed by atoms with van der Waals surface area (Å²) in [6, 6.07) is 20.1. The normalized spacial score (nSPS) is 10.9. The summed E-state index contributed by atoms with van der Waals surface area (Å²) < 4.78 is 9.31. The van der Waals surface area contributed by atoms with Crippen LogP contribution >= 0.6 is 0 Å². The number of carbonyl (C=O) groups is 1. The third-order valence-corrected chi connectivity index (χ3v) is 3.84. The maximum Gasteiger partial charge on any atom is 0.258 e. The van der Waals surface area contributed by atoms with Gasteiger partial charge < -0.3 is 5.21 Å². The Kier molecular flexibility index (Phi) is 5.80. The van der Waals surface area contributed by atoms with Crippen molar-refractivity contribution in [1.82, 2.24) is 0 Å². The van der Waals surface area contributed by atoms with E-state index in [2.05, 4.69) is 5.16 Å². The molecule has 26 heavy (non-hydrogen) atoms. The average Bonchev–Trinajstić information content (AvgIpc) is 2.70. The van der Waals surface area contributed by atoms with Gasteiger partial charge in [0, 0.05) is 29.8 Å². The highest BCUT2D eigenvalue weighted by Crippen LogP contribution is 2.06. The molecule has 2 heterocycles. The molecule has 3 aromatic rings. The van der Waals surface area contributed by atoms with Crippen LogP contribution in [0.1, 0.15) is 21.7 Å². The smallest absolute Gasteiger partial charge is 0.258 e. The minimum atomic E-state index is -0.0599. The first-order valence-electron chi connectivity index (χ1n) is 8.11. The van der Waals surface area contributed by atoms with E-state index in [-0.39, 0.29) is 19.2 Å². The molecule has 6 heteroatoms. The van der Waals surface area contributed by atoms with Gasteiger partial charge in [0.05, 0.1) is 0 Å². The minimum absolute atomic E-state index is 0.0599. The number of pyridine rings is 2. The zero-order valence-electron chi connectivity index (χ0n) is 14.1. The zero-order chi connectivity index (χ0) is 18.2. The SMILES string of the molecule is O=C(c1ccccc1)c1cccc[n+]1COC[n+]1ccccc1C=NO. The lowest BCUT2D eigenvalue weighted by molar-refractivity contribution is -0.789. The molecule has 6 nitrogen and oxygen atoms in total. The van der Waals surface area contributed by atoms with Gasteiger partial charge in [-0.25, -0.2) is 0 Å². The number of oxime groups is 1. The molecule has 0 saturated heterocycles. The largest absolute Gasteiger partial charge is 0.411 e. The molecule has 0 unspecified atom stereocenters. The summed E-state index contributed by atoms with van der Waals surface area (Å²) in [7, 11) is 0. The van der Waals surface area contributed by atoms with Crippen molar-refractivity contribution < 1.29 is 23.9 Å². The van der Waals surface area contributed by atoms with Gasteiger partial charge >= 0.3 is 0 Å². The molecule has 2 aromatic heterocycles. The fraction of sp³-hybridized carbons (Fsp3) is 0.100. The third-order valence-electron chi connectivity index (χ3n) is 3.84. The summed E-state index contributed by atoms with van der Waals surface area (Å²) in [6.07, 6.45) is 4.97. The molecular formula is C20H19N3O3+2. The van der Waals surface area contributed by atoms with Crippen molar-refractivity contribution in [2.24, 2.45) is 5.16 Å². The quantitative estimate of drug-likeness (QED) is 0.233. The average molecular weight is 349 g/mol. The number of ether oxygens (including phenoxy) is 1. The maximum atomic E-state index is 12.7. The van der Waals surface area contributed by atoms with Crippen molar-refractivity contribution in [3.8, 4) is 0 Å². The van der Waals surface area contributed by atoms with Crippen LogP contribution in [0.25, 0.3) is 0 Å². The van der Waals surface area contributed by atoms with Gasteiger partial charge in [0.1, 0.15) is 6.21 Å². The molecule has 0 atom stereocenters. The molecule has 0 saturated carbocycles. The molecule has 1 N–H and O–H groups in total. The highest BCUT2D eigenvalue weighted by molar-refractivity contribution is 6.06. The summed E-state index contributed by atoms with van der Waals surface area (Å²) in [5, 5.41) is 11.8. The van der Waals surface area contributed by atoms with Crippen molar-refractivity contribution in [2.45, 2.75) is 13.5 Å². The van der Waals surface area contributed by atoms with Crippen molar-refractivity contribution in [3.05, 3.63) is 96.1 Å². The fourth-order valence-electron chi connectivity index (χ4n) is 2.55. The van der Waals surface area contributed by atoms with Crippen LogP contribution in [0, 0.1) is 0 Å². The highest BCUT2D eigenvalue weighted by Gasteiger charge is 2.20. The van der Waals surface area contributed by atoms with Crippen molar-refractivity contribution in [1.29, 1.82) is 0 Å². The van der Waals surface area contributed by atoms with Crippen molar-refractivity contribution >= 4 is 12.0 Å². The molecule has 0 bridgehead atoms. The molecule has 0 aliphatic carbocycles. The number of aromatic nitrogens is 2. The molecule has 0 aliphatic heterocycles. The van der Waals surface area contributed by atoms with Crippen LogP contribution in [-0.4, -0.2) is 17.2 Å². The molecular weight excluding hydrogens is 330 g/mol. The van der Waals surface area contributed by atoms with Gasteiger partial charge in [0.25, 0.3) is 24.9 Å². The van der Waals surface area contributed by atoms with Gasteiger partial charge in [-0.1, -0.05) is 35.5 Å². The fourth-order valence-corrected chi connectivity index (χ4v) is 2.55. The topological polar surface area (TPSA) is 66.7 Å². The van der Waals surface area contributed by atoms with E-state index in [1.807, 2.05) is 60.9 Å². The van der Waals surface area contributed by atoms with E-state index in [1.54, 1.807) is 27.3 Å². The van der Waals surface area contributed by atoms with Gasteiger partial charge in [-0.05, 0) is 12.1 Å². The van der Waals surface area contributed by atoms with Gasteiger partial charge in [0.15, 0.2) is 12.4 Å². The number of carbonyl (C=O) groups excluding carboxylic acids is 1. The second-order valence-corrected chi connectivity index (χ2v) is 5.55. The molecule has 130 valence electrons. The molecule has 0 amide bonds. The molecule has 0 fully saturated rings. The van der Waals surface area contributed by atoms with Crippen LogP contribution in [0.4, 0.5) is 0 Å². The minimum Gasteiger partial charge on any atom is -0.411 e. The van der Waals surface area contributed by atoms with Crippen LogP contribution in [0.5, 0.6) is 0 Å². The van der Waals surface area contributed by atoms with Crippen LogP contribution in [-0.2, 0) is 18.2 Å². The maximum absolute atomic E-state index is 12.7. The van der Waals surface area contributed by atoms with Crippen LogP contribution in [0.15, 0.2) is 84.3 Å². The second-order valence-electron chi connectivity index (χ2n) is 5.55. The van der Waals surface area contributed by atoms with E-state index in [4.69, 9.17) is 9.94 Å². The van der Waals surface area contributed by atoms with Crippen molar-refractivity contribution in [2.75, 3.05) is 0 Å². The van der Waals surface area contributed by atoms with E-state index < -0.39 is 0 Å². The lowest BCUT2D eigenvalue weighted by Gasteiger charge is -2.04. The van der Waals surface area contributed by atoms with Gasteiger partial charge in [-0.15, -0.1) is 0 Å². The Labute approximate surface area is 151 Å². The lowest BCUT2D eigenvalue weighted by atomic mass is 10.1. The Balaban J connectivity index is 1.73. The Morgan fingerprint density at radius 2 is 1.58 bits per heavy atom. The van der Waals surface area contributed by atoms with E-state index in [0.29, 0.717) is 17.0 Å². The number of benzene rings is 1. The number of ketones is 1. The summed E-state index contributed by atoms with van der Waals surface area (Å²) in [5.74, 6) is -0.0599. The first kappa shape index (κ1) is 17.4. The summed E-state index contributed by atoms with van der Waals surface area (Å²) in [4.78, 5) is 12.7. The van der Waals surface area contributed by atoms with Crippen LogP contribution < -0.4 is 9.13 Å². The van der Waals surface area contributed by atoms with Gasteiger partial charge in [-0.3, -0.25) is 9.53 Å². The molecule has 1 aromatic carbocycles. The molecule has 0 aliphatic rings. The number of hydrogen-bond donors (Lipinski definition) is 1.